The van der Waals surface area contributed by atoms with Crippen LogP contribution in [0.3, 0.4) is 0 Å². The summed E-state index contributed by atoms with van der Waals surface area (Å²) in [5, 5.41) is 2.94. The summed E-state index contributed by atoms with van der Waals surface area (Å²) in [6, 6.07) is 5.58. The monoisotopic (exact) mass is 408 g/mol. The van der Waals surface area contributed by atoms with Crippen LogP contribution >= 0.6 is 0 Å². The normalized spacial score (nSPS) is 18.6. The zero-order valence-corrected chi connectivity index (χ0v) is 17.6. The largest absolute Gasteiger partial charge is 0.382 e. The van der Waals surface area contributed by atoms with E-state index in [1.165, 1.54) is 21.9 Å². The van der Waals surface area contributed by atoms with E-state index >= 15 is 0 Å². The van der Waals surface area contributed by atoms with Gasteiger partial charge in [0.2, 0.25) is 15.9 Å². The molecule has 0 aromatic heterocycles. The van der Waals surface area contributed by atoms with Crippen LogP contribution in [0.4, 0.5) is 0 Å². The molecule has 1 aromatic rings. The van der Waals surface area contributed by atoms with Gasteiger partial charge in [0.05, 0.1) is 4.90 Å². The molecule has 1 aliphatic carbocycles. The second-order valence-electron chi connectivity index (χ2n) is 7.66. The molecular weight excluding hydrogens is 376 g/mol. The minimum absolute atomic E-state index is 0.0299. The van der Waals surface area contributed by atoms with E-state index in [4.69, 9.17) is 4.74 Å². The van der Waals surface area contributed by atoms with E-state index in [1.54, 1.807) is 6.07 Å². The summed E-state index contributed by atoms with van der Waals surface area (Å²) in [5.41, 5.74) is 2.46. The van der Waals surface area contributed by atoms with Gasteiger partial charge >= 0.3 is 0 Å². The van der Waals surface area contributed by atoms with E-state index in [-0.39, 0.29) is 11.8 Å². The summed E-state index contributed by atoms with van der Waals surface area (Å²) in [6.07, 6.45) is 6.25. The lowest BCUT2D eigenvalue weighted by atomic mass is 9.92. The fourth-order valence-corrected chi connectivity index (χ4v) is 5.57. The van der Waals surface area contributed by atoms with Gasteiger partial charge < -0.3 is 10.1 Å². The molecule has 1 N–H and O–H groups in total. The van der Waals surface area contributed by atoms with Crippen molar-refractivity contribution in [3.8, 4) is 0 Å². The van der Waals surface area contributed by atoms with Gasteiger partial charge in [-0.1, -0.05) is 6.07 Å². The van der Waals surface area contributed by atoms with Crippen molar-refractivity contribution in [3.05, 3.63) is 29.3 Å². The Balaban J connectivity index is 1.53. The highest BCUT2D eigenvalue weighted by atomic mass is 32.2. The Hall–Kier alpha value is -1.44. The third kappa shape index (κ3) is 5.13. The maximum Gasteiger partial charge on any atom is 0.243 e. The zero-order chi connectivity index (χ0) is 20.0. The lowest BCUT2D eigenvalue weighted by Gasteiger charge is -2.31. The number of piperidine rings is 1. The fourth-order valence-electron chi connectivity index (χ4n) is 4.05. The van der Waals surface area contributed by atoms with Crippen molar-refractivity contribution in [3.63, 3.8) is 0 Å². The second kappa shape index (κ2) is 9.85. The SMILES string of the molecule is CCOCCCNC(=O)C1CCN(S(=O)(=O)c2ccc3c(c2)CCCC3)CC1. The minimum Gasteiger partial charge on any atom is -0.382 e. The van der Waals surface area contributed by atoms with Gasteiger partial charge in [-0.05, 0) is 75.1 Å². The number of nitrogens with one attached hydrogen (secondary N) is 1. The Kier molecular flexibility index (Phi) is 7.48. The first kappa shape index (κ1) is 21.3. The maximum absolute atomic E-state index is 13.0. The number of amides is 1. The van der Waals surface area contributed by atoms with Crippen molar-refractivity contribution in [1.29, 1.82) is 0 Å². The number of benzene rings is 1. The average Bonchev–Trinajstić information content (AvgIpc) is 2.73. The van der Waals surface area contributed by atoms with Crippen LogP contribution in [0.15, 0.2) is 23.1 Å². The number of hydrogen-bond acceptors (Lipinski definition) is 4. The summed E-state index contributed by atoms with van der Waals surface area (Å²) in [7, 11) is -3.49. The Morgan fingerprint density at radius 3 is 2.61 bits per heavy atom. The predicted octanol–water partition coefficient (Wildman–Crippen LogP) is 2.51. The molecule has 0 saturated carbocycles. The van der Waals surface area contributed by atoms with Gasteiger partial charge in [0.15, 0.2) is 0 Å². The molecule has 0 atom stereocenters. The Bertz CT molecular complexity index is 771. The summed E-state index contributed by atoms with van der Waals surface area (Å²) in [6.45, 7) is 4.68. The molecule has 0 unspecified atom stereocenters. The van der Waals surface area contributed by atoms with Gasteiger partial charge in [0.25, 0.3) is 0 Å². The number of rotatable bonds is 8. The average molecular weight is 409 g/mol. The molecule has 7 heteroatoms. The fraction of sp³-hybridized carbons (Fsp3) is 0.667. The highest BCUT2D eigenvalue weighted by Crippen LogP contribution is 2.28. The van der Waals surface area contributed by atoms with Gasteiger partial charge in [-0.2, -0.15) is 4.31 Å². The number of sulfonamides is 1. The van der Waals surface area contributed by atoms with Gasteiger partial charge in [-0.3, -0.25) is 4.79 Å². The zero-order valence-electron chi connectivity index (χ0n) is 16.8. The third-order valence-corrected chi connectivity index (χ3v) is 7.65. The first-order valence-electron chi connectivity index (χ1n) is 10.5. The number of hydrogen-bond donors (Lipinski definition) is 1. The molecule has 0 spiro atoms. The number of fused-ring (bicyclic) bond motifs is 1. The Morgan fingerprint density at radius 2 is 1.89 bits per heavy atom. The lowest BCUT2D eigenvalue weighted by Crippen LogP contribution is -2.43. The van der Waals surface area contributed by atoms with Crippen molar-refractivity contribution in [2.24, 2.45) is 5.92 Å². The van der Waals surface area contributed by atoms with Gasteiger partial charge in [0.1, 0.15) is 0 Å². The molecule has 0 radical (unpaired) electrons. The molecule has 1 aliphatic heterocycles. The van der Waals surface area contributed by atoms with Crippen LogP contribution in [0.25, 0.3) is 0 Å². The van der Waals surface area contributed by atoms with Gasteiger partial charge in [-0.25, -0.2) is 8.42 Å². The van der Waals surface area contributed by atoms with Crippen LogP contribution in [0.5, 0.6) is 0 Å². The number of nitrogens with zero attached hydrogens (tertiary/aromatic N) is 1. The van der Waals surface area contributed by atoms with Crippen molar-refractivity contribution < 1.29 is 17.9 Å². The molecule has 3 rings (SSSR count). The second-order valence-corrected chi connectivity index (χ2v) is 9.60. The van der Waals surface area contributed by atoms with Gasteiger partial charge in [0, 0.05) is 38.8 Å². The molecule has 1 saturated heterocycles. The standard InChI is InChI=1S/C21H32N2O4S/c1-2-27-15-5-12-22-21(24)18-10-13-23(14-11-18)28(25,26)20-9-8-17-6-3-4-7-19(17)16-20/h8-9,16,18H,2-7,10-15H2,1H3,(H,22,24). The Labute approximate surface area is 168 Å². The van der Waals surface area contributed by atoms with Crippen molar-refractivity contribution in [2.45, 2.75) is 56.8 Å². The van der Waals surface area contributed by atoms with Crippen LogP contribution in [0.2, 0.25) is 0 Å². The number of aryl methyl sites for hydroxylation is 2. The van der Waals surface area contributed by atoms with E-state index in [2.05, 4.69) is 5.32 Å². The summed E-state index contributed by atoms with van der Waals surface area (Å²) in [4.78, 5) is 12.7. The van der Waals surface area contributed by atoms with E-state index < -0.39 is 10.0 Å². The first-order valence-corrected chi connectivity index (χ1v) is 11.9. The quantitative estimate of drug-likeness (QED) is 0.671. The highest BCUT2D eigenvalue weighted by molar-refractivity contribution is 7.89. The van der Waals surface area contributed by atoms with Crippen molar-refractivity contribution in [1.82, 2.24) is 9.62 Å². The number of carbonyl (C=O) groups is 1. The molecular formula is C21H32N2O4S. The molecule has 156 valence electrons. The lowest BCUT2D eigenvalue weighted by molar-refractivity contribution is -0.126. The predicted molar refractivity (Wildman–Crippen MR) is 109 cm³/mol. The summed E-state index contributed by atoms with van der Waals surface area (Å²) >= 11 is 0. The van der Waals surface area contributed by atoms with Crippen molar-refractivity contribution in [2.75, 3.05) is 32.8 Å². The molecule has 0 bridgehead atoms. The third-order valence-electron chi connectivity index (χ3n) is 5.75. The molecule has 1 fully saturated rings. The number of carbonyl (C=O) groups excluding carboxylic acids is 1. The van der Waals surface area contributed by atoms with E-state index in [9.17, 15) is 13.2 Å². The topological polar surface area (TPSA) is 75.7 Å². The van der Waals surface area contributed by atoms with Crippen LogP contribution in [0, 0.1) is 5.92 Å². The molecule has 1 aromatic carbocycles. The highest BCUT2D eigenvalue weighted by Gasteiger charge is 2.32. The van der Waals surface area contributed by atoms with Crippen LogP contribution in [-0.4, -0.2) is 51.5 Å². The van der Waals surface area contributed by atoms with Crippen molar-refractivity contribution >= 4 is 15.9 Å². The number of ether oxygens (including phenoxy) is 1. The molecule has 1 amide bonds. The molecule has 1 heterocycles. The maximum atomic E-state index is 13.0. The summed E-state index contributed by atoms with van der Waals surface area (Å²) < 4.78 is 32.9. The van der Waals surface area contributed by atoms with E-state index in [0.29, 0.717) is 50.6 Å². The molecule has 6 nitrogen and oxygen atoms in total. The van der Waals surface area contributed by atoms with E-state index in [1.807, 2.05) is 19.1 Å². The Morgan fingerprint density at radius 1 is 1.18 bits per heavy atom. The van der Waals surface area contributed by atoms with E-state index in [0.717, 1.165) is 25.7 Å². The van der Waals surface area contributed by atoms with Crippen LogP contribution in [-0.2, 0) is 32.4 Å². The minimum atomic E-state index is -3.49. The molecule has 2 aliphatic rings. The van der Waals surface area contributed by atoms with Gasteiger partial charge in [-0.15, -0.1) is 0 Å². The van der Waals surface area contributed by atoms with Crippen LogP contribution < -0.4 is 5.32 Å². The summed E-state index contributed by atoms with van der Waals surface area (Å²) in [5.74, 6) is -0.0793. The molecule has 28 heavy (non-hydrogen) atoms. The first-order chi connectivity index (χ1) is 13.5. The van der Waals surface area contributed by atoms with Crippen LogP contribution in [0.1, 0.15) is 50.2 Å². The smallest absolute Gasteiger partial charge is 0.243 e.